The highest BCUT2D eigenvalue weighted by Crippen LogP contribution is 2.19. The van der Waals surface area contributed by atoms with Crippen LogP contribution >= 0.6 is 0 Å². The molecule has 0 bridgehead atoms. The number of aliphatic imine (C=N–C) groups is 1. The second kappa shape index (κ2) is 4.84. The van der Waals surface area contributed by atoms with E-state index in [1.165, 1.54) is 0 Å². The lowest BCUT2D eigenvalue weighted by Crippen LogP contribution is -1.94. The van der Waals surface area contributed by atoms with E-state index in [1.807, 2.05) is 20.1 Å². The molecule has 0 saturated carbocycles. The van der Waals surface area contributed by atoms with Crippen LogP contribution in [0.5, 0.6) is 0 Å². The van der Waals surface area contributed by atoms with Gasteiger partial charge in [-0.2, -0.15) is 10.2 Å². The fourth-order valence-corrected chi connectivity index (χ4v) is 1.10. The normalized spacial score (nSPS) is 13.4. The molecule has 3 heteroatoms. The van der Waals surface area contributed by atoms with Crippen molar-refractivity contribution in [2.75, 3.05) is 0 Å². The summed E-state index contributed by atoms with van der Waals surface area (Å²) in [5, 5.41) is 7.85. The minimum absolute atomic E-state index is 0.516. The Balaban J connectivity index is 2.91. The smallest absolute Gasteiger partial charge is 0.0901 e. The Morgan fingerprint density at radius 1 is 1.50 bits per heavy atom. The van der Waals surface area contributed by atoms with Crippen molar-refractivity contribution in [1.82, 2.24) is 10.2 Å². The molecule has 1 atom stereocenters. The van der Waals surface area contributed by atoms with Crippen LogP contribution < -0.4 is 0 Å². The Bertz CT molecular complexity index is 311. The van der Waals surface area contributed by atoms with Crippen LogP contribution in [0.2, 0.25) is 0 Å². The maximum atomic E-state index is 4.45. The standard InChI is InChI=1S/C11H17N3/c1-5-8(2)6-12-11-9(3)7-13-14-10(11)4/h6-8H,5H2,1-4H3. The zero-order chi connectivity index (χ0) is 10.6. The topological polar surface area (TPSA) is 38.1 Å². The first-order chi connectivity index (χ1) is 6.65. The van der Waals surface area contributed by atoms with Gasteiger partial charge in [-0.3, -0.25) is 4.99 Å². The maximum Gasteiger partial charge on any atom is 0.0901 e. The van der Waals surface area contributed by atoms with Crippen molar-refractivity contribution >= 4 is 11.9 Å². The van der Waals surface area contributed by atoms with E-state index >= 15 is 0 Å². The van der Waals surface area contributed by atoms with Gasteiger partial charge in [0, 0.05) is 6.21 Å². The highest BCUT2D eigenvalue weighted by molar-refractivity contribution is 5.67. The van der Waals surface area contributed by atoms with E-state index in [4.69, 9.17) is 0 Å². The molecule has 0 aliphatic carbocycles. The number of hydrogen-bond acceptors (Lipinski definition) is 3. The molecule has 76 valence electrons. The van der Waals surface area contributed by atoms with Crippen LogP contribution in [0.15, 0.2) is 11.2 Å². The Hall–Kier alpha value is -1.25. The molecule has 1 unspecified atom stereocenters. The van der Waals surface area contributed by atoms with Crippen molar-refractivity contribution in [1.29, 1.82) is 0 Å². The fraction of sp³-hybridized carbons (Fsp3) is 0.545. The molecular weight excluding hydrogens is 174 g/mol. The first-order valence-corrected chi connectivity index (χ1v) is 4.98. The Labute approximate surface area is 85.3 Å². The molecular formula is C11H17N3. The van der Waals surface area contributed by atoms with Gasteiger partial charge in [0.2, 0.25) is 0 Å². The van der Waals surface area contributed by atoms with Crippen molar-refractivity contribution in [2.45, 2.75) is 34.1 Å². The second-order valence-electron chi connectivity index (χ2n) is 3.63. The summed E-state index contributed by atoms with van der Waals surface area (Å²) < 4.78 is 0. The summed E-state index contributed by atoms with van der Waals surface area (Å²) in [5.41, 5.74) is 2.93. The van der Waals surface area contributed by atoms with Crippen molar-refractivity contribution in [3.05, 3.63) is 17.5 Å². The molecule has 1 aromatic heterocycles. The summed E-state index contributed by atoms with van der Waals surface area (Å²) in [5.74, 6) is 0.516. The van der Waals surface area contributed by atoms with Crippen LogP contribution in [0.1, 0.15) is 31.5 Å². The molecule has 0 aromatic carbocycles. The van der Waals surface area contributed by atoms with E-state index in [-0.39, 0.29) is 0 Å². The van der Waals surface area contributed by atoms with Crippen LogP contribution in [-0.2, 0) is 0 Å². The number of hydrogen-bond donors (Lipinski definition) is 0. The molecule has 0 aliphatic rings. The van der Waals surface area contributed by atoms with Gasteiger partial charge in [-0.1, -0.05) is 13.8 Å². The first kappa shape index (κ1) is 10.8. The van der Waals surface area contributed by atoms with E-state index in [9.17, 15) is 0 Å². The van der Waals surface area contributed by atoms with Gasteiger partial charge in [0.1, 0.15) is 0 Å². The average Bonchev–Trinajstić information content (AvgIpc) is 2.16. The fourth-order valence-electron chi connectivity index (χ4n) is 1.10. The van der Waals surface area contributed by atoms with Crippen molar-refractivity contribution < 1.29 is 0 Å². The van der Waals surface area contributed by atoms with E-state index < -0.39 is 0 Å². The highest BCUT2D eigenvalue weighted by atomic mass is 15.1. The third-order valence-electron chi connectivity index (χ3n) is 2.28. The highest BCUT2D eigenvalue weighted by Gasteiger charge is 2.01. The number of rotatable bonds is 3. The van der Waals surface area contributed by atoms with Gasteiger partial charge >= 0.3 is 0 Å². The minimum atomic E-state index is 0.516. The lowest BCUT2D eigenvalue weighted by molar-refractivity contribution is 0.754. The van der Waals surface area contributed by atoms with E-state index in [0.717, 1.165) is 23.4 Å². The predicted octanol–water partition coefficient (Wildman–Crippen LogP) is 2.84. The van der Waals surface area contributed by atoms with Crippen LogP contribution in [0, 0.1) is 19.8 Å². The summed E-state index contributed by atoms with van der Waals surface area (Å²) in [6, 6.07) is 0. The molecule has 1 rings (SSSR count). The molecule has 3 nitrogen and oxygen atoms in total. The molecule has 0 saturated heterocycles. The summed E-state index contributed by atoms with van der Waals surface area (Å²) in [7, 11) is 0. The molecule has 1 heterocycles. The average molecular weight is 191 g/mol. The van der Waals surface area contributed by atoms with Crippen LogP contribution in [0.4, 0.5) is 5.69 Å². The Morgan fingerprint density at radius 3 is 2.79 bits per heavy atom. The molecule has 1 aromatic rings. The quantitative estimate of drug-likeness (QED) is 0.689. The third kappa shape index (κ3) is 2.62. The Kier molecular flexibility index (Phi) is 3.74. The summed E-state index contributed by atoms with van der Waals surface area (Å²) >= 11 is 0. The molecule has 0 aliphatic heterocycles. The maximum absolute atomic E-state index is 4.45. The van der Waals surface area contributed by atoms with E-state index in [1.54, 1.807) is 6.20 Å². The molecule has 0 amide bonds. The van der Waals surface area contributed by atoms with Gasteiger partial charge in [-0.15, -0.1) is 0 Å². The number of aryl methyl sites for hydroxylation is 2. The molecule has 0 N–H and O–H groups in total. The molecule has 14 heavy (non-hydrogen) atoms. The monoisotopic (exact) mass is 191 g/mol. The van der Waals surface area contributed by atoms with Gasteiger partial charge in [-0.25, -0.2) is 0 Å². The largest absolute Gasteiger partial charge is 0.259 e. The van der Waals surface area contributed by atoms with Gasteiger partial charge in [0.15, 0.2) is 0 Å². The van der Waals surface area contributed by atoms with Crippen LogP contribution in [0.3, 0.4) is 0 Å². The lowest BCUT2D eigenvalue weighted by Gasteiger charge is -2.03. The van der Waals surface area contributed by atoms with Crippen molar-refractivity contribution in [3.8, 4) is 0 Å². The molecule has 0 spiro atoms. The number of aromatic nitrogens is 2. The van der Waals surface area contributed by atoms with Crippen LogP contribution in [-0.4, -0.2) is 16.4 Å². The van der Waals surface area contributed by atoms with E-state index in [0.29, 0.717) is 5.92 Å². The van der Waals surface area contributed by atoms with Gasteiger partial charge in [0.05, 0.1) is 17.6 Å². The lowest BCUT2D eigenvalue weighted by atomic mass is 10.1. The molecule has 0 fully saturated rings. The molecule has 0 radical (unpaired) electrons. The second-order valence-corrected chi connectivity index (χ2v) is 3.63. The van der Waals surface area contributed by atoms with Gasteiger partial charge in [-0.05, 0) is 31.7 Å². The summed E-state index contributed by atoms with van der Waals surface area (Å²) in [6.07, 6.45) is 4.84. The predicted molar refractivity (Wildman–Crippen MR) is 59.1 cm³/mol. The van der Waals surface area contributed by atoms with Gasteiger partial charge in [0.25, 0.3) is 0 Å². The van der Waals surface area contributed by atoms with Crippen molar-refractivity contribution in [2.24, 2.45) is 10.9 Å². The van der Waals surface area contributed by atoms with Crippen LogP contribution in [0.25, 0.3) is 0 Å². The third-order valence-corrected chi connectivity index (χ3v) is 2.28. The summed E-state index contributed by atoms with van der Waals surface area (Å²) in [4.78, 5) is 4.45. The zero-order valence-electron chi connectivity index (χ0n) is 9.28. The summed E-state index contributed by atoms with van der Waals surface area (Å²) in [6.45, 7) is 8.25. The van der Waals surface area contributed by atoms with Crippen molar-refractivity contribution in [3.63, 3.8) is 0 Å². The zero-order valence-corrected chi connectivity index (χ0v) is 9.28. The minimum Gasteiger partial charge on any atom is -0.259 e. The van der Waals surface area contributed by atoms with Gasteiger partial charge < -0.3 is 0 Å². The first-order valence-electron chi connectivity index (χ1n) is 4.98. The Morgan fingerprint density at radius 2 is 2.21 bits per heavy atom. The van der Waals surface area contributed by atoms with E-state index in [2.05, 4.69) is 29.0 Å². The SMILES string of the molecule is CCC(C)C=Nc1c(C)cnnc1C. The number of nitrogens with zero attached hydrogens (tertiary/aromatic N) is 3.